The summed E-state index contributed by atoms with van der Waals surface area (Å²) >= 11 is 1.32. The number of carbonyl (C=O) groups is 2. The molecule has 2 rings (SSSR count). The van der Waals surface area contributed by atoms with Gasteiger partial charge in [0.25, 0.3) is 11.8 Å². The Balaban J connectivity index is 1.82. The molecule has 0 spiro atoms. The molecule has 0 saturated carbocycles. The minimum Gasteiger partial charge on any atom is -0.490 e. The highest BCUT2D eigenvalue weighted by Crippen LogP contribution is 2.26. The van der Waals surface area contributed by atoms with Gasteiger partial charge in [-0.25, -0.2) is 0 Å². The SMILES string of the molecule is CCOc1ccccc1OCC(=O)NNC(=O)c1sccc1C. The van der Waals surface area contributed by atoms with Gasteiger partial charge in [-0.15, -0.1) is 11.3 Å². The third kappa shape index (κ3) is 4.72. The Bertz CT molecular complexity index is 684. The first-order chi connectivity index (χ1) is 11.1. The molecule has 0 aliphatic heterocycles. The van der Waals surface area contributed by atoms with Crippen molar-refractivity contribution < 1.29 is 19.1 Å². The third-order valence-corrected chi connectivity index (χ3v) is 3.91. The maximum absolute atomic E-state index is 11.9. The van der Waals surface area contributed by atoms with Crippen LogP contribution in [0, 0.1) is 6.92 Å². The normalized spacial score (nSPS) is 10.0. The Morgan fingerprint density at radius 2 is 1.78 bits per heavy atom. The highest BCUT2D eigenvalue weighted by atomic mass is 32.1. The fraction of sp³-hybridized carbons (Fsp3) is 0.250. The van der Waals surface area contributed by atoms with E-state index in [1.54, 1.807) is 18.2 Å². The van der Waals surface area contributed by atoms with E-state index >= 15 is 0 Å². The molecule has 0 bridgehead atoms. The average Bonchev–Trinajstić information content (AvgIpc) is 2.98. The molecule has 1 aromatic carbocycles. The van der Waals surface area contributed by atoms with Crippen LogP contribution < -0.4 is 20.3 Å². The number of nitrogens with one attached hydrogen (secondary N) is 2. The van der Waals surface area contributed by atoms with Gasteiger partial charge in [0.05, 0.1) is 11.5 Å². The van der Waals surface area contributed by atoms with E-state index in [4.69, 9.17) is 9.47 Å². The number of benzene rings is 1. The van der Waals surface area contributed by atoms with Crippen LogP contribution >= 0.6 is 11.3 Å². The Morgan fingerprint density at radius 1 is 1.09 bits per heavy atom. The van der Waals surface area contributed by atoms with Crippen molar-refractivity contribution in [3.63, 3.8) is 0 Å². The largest absolute Gasteiger partial charge is 0.490 e. The molecule has 0 aliphatic rings. The van der Waals surface area contributed by atoms with Crippen molar-refractivity contribution in [3.8, 4) is 11.5 Å². The minimum absolute atomic E-state index is 0.228. The van der Waals surface area contributed by atoms with Gasteiger partial charge in [-0.05, 0) is 43.0 Å². The molecule has 7 heteroatoms. The number of aryl methyl sites for hydroxylation is 1. The van der Waals surface area contributed by atoms with Crippen LogP contribution in [0.2, 0.25) is 0 Å². The summed E-state index contributed by atoms with van der Waals surface area (Å²) in [6, 6.07) is 8.93. The molecule has 0 saturated heterocycles. The first kappa shape index (κ1) is 16.8. The van der Waals surface area contributed by atoms with Crippen molar-refractivity contribution in [1.29, 1.82) is 0 Å². The highest BCUT2D eigenvalue weighted by Gasteiger charge is 2.12. The number of hydrogen-bond acceptors (Lipinski definition) is 5. The molecule has 2 aromatic rings. The van der Waals surface area contributed by atoms with E-state index in [9.17, 15) is 9.59 Å². The second-order valence-electron chi connectivity index (χ2n) is 4.60. The molecular formula is C16H18N2O4S. The number of para-hydroxylation sites is 2. The lowest BCUT2D eigenvalue weighted by Gasteiger charge is -2.12. The van der Waals surface area contributed by atoms with Gasteiger partial charge < -0.3 is 9.47 Å². The van der Waals surface area contributed by atoms with Gasteiger partial charge in [0.15, 0.2) is 18.1 Å². The summed E-state index contributed by atoms with van der Waals surface area (Å²) in [7, 11) is 0. The predicted octanol–water partition coefficient (Wildman–Crippen LogP) is 2.30. The van der Waals surface area contributed by atoms with E-state index in [0.29, 0.717) is 23.0 Å². The number of hydrogen-bond donors (Lipinski definition) is 2. The Morgan fingerprint density at radius 3 is 2.39 bits per heavy atom. The summed E-state index contributed by atoms with van der Waals surface area (Å²) in [6.07, 6.45) is 0. The van der Waals surface area contributed by atoms with E-state index in [1.807, 2.05) is 31.4 Å². The van der Waals surface area contributed by atoms with Crippen molar-refractivity contribution >= 4 is 23.2 Å². The van der Waals surface area contributed by atoms with Gasteiger partial charge >= 0.3 is 0 Å². The van der Waals surface area contributed by atoms with Crippen LogP contribution in [-0.2, 0) is 4.79 Å². The van der Waals surface area contributed by atoms with Crippen molar-refractivity contribution in [2.24, 2.45) is 0 Å². The second-order valence-corrected chi connectivity index (χ2v) is 5.52. The van der Waals surface area contributed by atoms with Gasteiger partial charge in [-0.2, -0.15) is 0 Å². The second kappa shape index (κ2) is 8.19. The first-order valence-electron chi connectivity index (χ1n) is 7.09. The molecule has 0 fully saturated rings. The number of thiophene rings is 1. The van der Waals surface area contributed by atoms with Gasteiger partial charge in [-0.3, -0.25) is 20.4 Å². The smallest absolute Gasteiger partial charge is 0.280 e. The number of hydrazine groups is 1. The van der Waals surface area contributed by atoms with Gasteiger partial charge in [0.1, 0.15) is 0 Å². The summed E-state index contributed by atoms with van der Waals surface area (Å²) in [5, 5.41) is 1.82. The molecule has 2 N–H and O–H groups in total. The maximum atomic E-state index is 11.9. The van der Waals surface area contributed by atoms with Crippen LogP contribution in [0.5, 0.6) is 11.5 Å². The van der Waals surface area contributed by atoms with Crippen molar-refractivity contribution in [2.75, 3.05) is 13.2 Å². The molecule has 1 heterocycles. The van der Waals surface area contributed by atoms with Gasteiger partial charge in [-0.1, -0.05) is 12.1 Å². The molecule has 23 heavy (non-hydrogen) atoms. The van der Waals surface area contributed by atoms with Crippen molar-refractivity contribution in [3.05, 3.63) is 46.2 Å². The summed E-state index contributed by atoms with van der Waals surface area (Å²) in [6.45, 7) is 3.98. The van der Waals surface area contributed by atoms with Crippen molar-refractivity contribution in [2.45, 2.75) is 13.8 Å². The van der Waals surface area contributed by atoms with Crippen LogP contribution in [0.1, 0.15) is 22.2 Å². The minimum atomic E-state index is -0.459. The number of amides is 2. The zero-order valence-corrected chi connectivity index (χ0v) is 13.7. The van der Waals surface area contributed by atoms with Gasteiger partial charge in [0, 0.05) is 0 Å². The zero-order valence-electron chi connectivity index (χ0n) is 12.9. The average molecular weight is 334 g/mol. The molecular weight excluding hydrogens is 316 g/mol. The monoisotopic (exact) mass is 334 g/mol. The molecule has 0 aliphatic carbocycles. The fourth-order valence-electron chi connectivity index (χ4n) is 1.81. The molecule has 0 atom stereocenters. The topological polar surface area (TPSA) is 76.7 Å². The number of carbonyl (C=O) groups excluding carboxylic acids is 2. The van der Waals surface area contributed by atoms with Crippen LogP contribution in [0.25, 0.3) is 0 Å². The lowest BCUT2D eigenvalue weighted by molar-refractivity contribution is -0.123. The zero-order chi connectivity index (χ0) is 16.7. The summed E-state index contributed by atoms with van der Waals surface area (Å²) in [5.41, 5.74) is 5.55. The highest BCUT2D eigenvalue weighted by molar-refractivity contribution is 7.12. The molecule has 1 aromatic heterocycles. The molecule has 122 valence electrons. The predicted molar refractivity (Wildman–Crippen MR) is 87.8 cm³/mol. The quantitative estimate of drug-likeness (QED) is 0.795. The van der Waals surface area contributed by atoms with Crippen LogP contribution in [0.15, 0.2) is 35.7 Å². The standard InChI is InChI=1S/C16H18N2O4S/c1-3-21-12-6-4-5-7-13(12)22-10-14(19)17-18-16(20)15-11(2)8-9-23-15/h4-9H,3,10H2,1-2H3,(H,17,19)(H,18,20). The van der Waals surface area contributed by atoms with Crippen LogP contribution in [-0.4, -0.2) is 25.0 Å². The van der Waals surface area contributed by atoms with E-state index in [-0.39, 0.29) is 12.5 Å². The summed E-state index contributed by atoms with van der Waals surface area (Å²) in [5.74, 6) is 0.241. The van der Waals surface area contributed by atoms with Crippen LogP contribution in [0.4, 0.5) is 0 Å². The number of ether oxygens (including phenoxy) is 2. The molecule has 0 unspecified atom stereocenters. The lowest BCUT2D eigenvalue weighted by Crippen LogP contribution is -2.43. The third-order valence-electron chi connectivity index (χ3n) is 2.89. The molecule has 0 radical (unpaired) electrons. The molecule has 2 amide bonds. The number of rotatable bonds is 6. The summed E-state index contributed by atoms with van der Waals surface area (Å²) < 4.78 is 10.8. The van der Waals surface area contributed by atoms with Gasteiger partial charge in [0.2, 0.25) is 0 Å². The Kier molecular flexibility index (Phi) is 5.99. The lowest BCUT2D eigenvalue weighted by atomic mass is 10.3. The van der Waals surface area contributed by atoms with E-state index in [2.05, 4.69) is 10.9 Å². The molecule has 6 nitrogen and oxygen atoms in total. The van der Waals surface area contributed by atoms with E-state index in [1.165, 1.54) is 11.3 Å². The Hall–Kier alpha value is -2.54. The van der Waals surface area contributed by atoms with E-state index < -0.39 is 5.91 Å². The van der Waals surface area contributed by atoms with Crippen LogP contribution in [0.3, 0.4) is 0 Å². The van der Waals surface area contributed by atoms with E-state index in [0.717, 1.165) is 5.56 Å². The van der Waals surface area contributed by atoms with Crippen molar-refractivity contribution in [1.82, 2.24) is 10.9 Å². The first-order valence-corrected chi connectivity index (χ1v) is 7.97. The maximum Gasteiger partial charge on any atom is 0.280 e. The Labute approximate surface area is 138 Å². The fourth-order valence-corrected chi connectivity index (χ4v) is 2.63. The summed E-state index contributed by atoms with van der Waals surface area (Å²) in [4.78, 5) is 24.2.